The minimum absolute atomic E-state index is 0.0755. The largest absolute Gasteiger partial charge is 0.331 e. The Labute approximate surface area is 139 Å². The highest BCUT2D eigenvalue weighted by molar-refractivity contribution is 5.94. The van der Waals surface area contributed by atoms with Gasteiger partial charge in [0, 0.05) is 13.1 Å². The predicted octanol–water partition coefficient (Wildman–Crippen LogP) is 2.72. The van der Waals surface area contributed by atoms with Crippen molar-refractivity contribution in [1.29, 1.82) is 0 Å². The summed E-state index contributed by atoms with van der Waals surface area (Å²) < 4.78 is 0. The maximum atomic E-state index is 12.6. The zero-order valence-electron chi connectivity index (χ0n) is 14.5. The number of hydrogen-bond acceptors (Lipinski definition) is 2. The number of rotatable bonds is 7. The molecule has 4 nitrogen and oxygen atoms in total. The van der Waals surface area contributed by atoms with E-state index >= 15 is 0 Å². The molecule has 2 amide bonds. The minimum atomic E-state index is -0.340. The van der Waals surface area contributed by atoms with Crippen LogP contribution in [0.1, 0.15) is 39.2 Å². The molecule has 23 heavy (non-hydrogen) atoms. The Morgan fingerprint density at radius 1 is 1.13 bits per heavy atom. The lowest BCUT2D eigenvalue weighted by Crippen LogP contribution is -2.59. The number of carbonyl (C=O) groups is 2. The average Bonchev–Trinajstić information content (AvgIpc) is 2.58. The second-order valence-electron chi connectivity index (χ2n) is 6.40. The molecule has 1 aliphatic rings. The van der Waals surface area contributed by atoms with Gasteiger partial charge >= 0.3 is 0 Å². The first-order chi connectivity index (χ1) is 11.1. The number of carbonyl (C=O) groups excluding carboxylic acids is 2. The Bertz CT molecular complexity index is 525. The van der Waals surface area contributed by atoms with Crippen LogP contribution in [0.15, 0.2) is 30.3 Å². The fourth-order valence-corrected chi connectivity index (χ4v) is 3.13. The Kier molecular flexibility index (Phi) is 6.20. The topological polar surface area (TPSA) is 40.6 Å². The van der Waals surface area contributed by atoms with Crippen LogP contribution < -0.4 is 0 Å². The van der Waals surface area contributed by atoms with E-state index in [9.17, 15) is 9.59 Å². The van der Waals surface area contributed by atoms with Crippen molar-refractivity contribution >= 4 is 11.8 Å². The quantitative estimate of drug-likeness (QED) is 0.776. The Hall–Kier alpha value is -1.84. The summed E-state index contributed by atoms with van der Waals surface area (Å²) >= 11 is 0. The van der Waals surface area contributed by atoms with E-state index in [1.165, 1.54) is 5.56 Å². The molecule has 1 heterocycles. The van der Waals surface area contributed by atoms with Crippen LogP contribution in [0.3, 0.4) is 0 Å². The van der Waals surface area contributed by atoms with Gasteiger partial charge in [-0.1, -0.05) is 57.0 Å². The molecule has 1 aromatic rings. The van der Waals surface area contributed by atoms with Gasteiger partial charge in [-0.2, -0.15) is 0 Å². The molecule has 1 aliphatic heterocycles. The summed E-state index contributed by atoms with van der Waals surface area (Å²) in [5.41, 5.74) is 1.19. The molecule has 0 N–H and O–H groups in total. The van der Waals surface area contributed by atoms with Crippen molar-refractivity contribution in [3.8, 4) is 0 Å². The lowest BCUT2D eigenvalue weighted by molar-refractivity contribution is -0.155. The SMILES string of the molecule is CCC(CC)CN1C(=O)CN(CCc2ccccc2)C(=O)[C@@H]1C. The van der Waals surface area contributed by atoms with E-state index in [1.807, 2.05) is 25.1 Å². The molecule has 0 spiro atoms. The van der Waals surface area contributed by atoms with Crippen LogP contribution in [0.25, 0.3) is 0 Å². The molecular weight excluding hydrogens is 288 g/mol. The van der Waals surface area contributed by atoms with E-state index in [0.29, 0.717) is 19.0 Å². The van der Waals surface area contributed by atoms with Gasteiger partial charge in [0.05, 0.1) is 6.54 Å². The lowest BCUT2D eigenvalue weighted by atomic mass is 10.0. The molecule has 1 atom stereocenters. The molecule has 0 aromatic heterocycles. The normalized spacial score (nSPS) is 18.9. The molecule has 0 aliphatic carbocycles. The standard InChI is InChI=1S/C19H28N2O2/c1-4-16(5-2)13-21-15(3)19(23)20(14-18(21)22)12-11-17-9-7-6-8-10-17/h6-10,15-16H,4-5,11-14H2,1-3H3/t15-/m0/s1. The van der Waals surface area contributed by atoms with Gasteiger partial charge in [-0.05, 0) is 24.8 Å². The predicted molar refractivity (Wildman–Crippen MR) is 92.0 cm³/mol. The summed E-state index contributed by atoms with van der Waals surface area (Å²) in [6, 6.07) is 9.75. The van der Waals surface area contributed by atoms with E-state index in [-0.39, 0.29) is 24.4 Å². The van der Waals surface area contributed by atoms with Crippen LogP contribution in [0.4, 0.5) is 0 Å². The van der Waals surface area contributed by atoms with Crippen LogP contribution in [-0.4, -0.2) is 47.3 Å². The van der Waals surface area contributed by atoms with Crippen LogP contribution >= 0.6 is 0 Å². The van der Waals surface area contributed by atoms with Gasteiger partial charge in [0.25, 0.3) is 0 Å². The molecule has 0 radical (unpaired) electrons. The van der Waals surface area contributed by atoms with Gasteiger partial charge in [0.15, 0.2) is 0 Å². The summed E-state index contributed by atoms with van der Waals surface area (Å²) in [6.45, 7) is 7.67. The highest BCUT2D eigenvalue weighted by Gasteiger charge is 2.36. The fourth-order valence-electron chi connectivity index (χ4n) is 3.13. The number of piperazine rings is 1. The van der Waals surface area contributed by atoms with E-state index in [1.54, 1.807) is 9.80 Å². The van der Waals surface area contributed by atoms with Gasteiger partial charge in [-0.15, -0.1) is 0 Å². The highest BCUT2D eigenvalue weighted by Crippen LogP contribution is 2.18. The number of benzene rings is 1. The molecule has 0 unspecified atom stereocenters. The summed E-state index contributed by atoms with van der Waals surface area (Å²) in [5.74, 6) is 0.633. The van der Waals surface area contributed by atoms with Gasteiger partial charge < -0.3 is 9.80 Å². The van der Waals surface area contributed by atoms with Crippen LogP contribution in [-0.2, 0) is 16.0 Å². The molecule has 4 heteroatoms. The fraction of sp³-hybridized carbons (Fsp3) is 0.579. The maximum absolute atomic E-state index is 12.6. The second-order valence-corrected chi connectivity index (χ2v) is 6.40. The van der Waals surface area contributed by atoms with Crippen molar-refractivity contribution in [2.75, 3.05) is 19.6 Å². The zero-order chi connectivity index (χ0) is 16.8. The Balaban J connectivity index is 1.96. The first kappa shape index (κ1) is 17.5. The summed E-state index contributed by atoms with van der Waals surface area (Å²) in [7, 11) is 0. The molecular formula is C19H28N2O2. The number of amides is 2. The summed E-state index contributed by atoms with van der Waals surface area (Å²) in [4.78, 5) is 28.6. The average molecular weight is 316 g/mol. The molecule has 126 valence electrons. The van der Waals surface area contributed by atoms with E-state index in [0.717, 1.165) is 19.3 Å². The number of nitrogens with zero attached hydrogens (tertiary/aromatic N) is 2. The Morgan fingerprint density at radius 3 is 2.39 bits per heavy atom. The van der Waals surface area contributed by atoms with Crippen molar-refractivity contribution < 1.29 is 9.59 Å². The van der Waals surface area contributed by atoms with Crippen LogP contribution in [0.2, 0.25) is 0 Å². The van der Waals surface area contributed by atoms with Crippen LogP contribution in [0, 0.1) is 5.92 Å². The lowest BCUT2D eigenvalue weighted by Gasteiger charge is -2.40. The van der Waals surface area contributed by atoms with Crippen molar-refractivity contribution in [3.63, 3.8) is 0 Å². The van der Waals surface area contributed by atoms with E-state index < -0.39 is 0 Å². The minimum Gasteiger partial charge on any atom is -0.331 e. The van der Waals surface area contributed by atoms with Gasteiger partial charge in [0.1, 0.15) is 6.04 Å². The van der Waals surface area contributed by atoms with Gasteiger partial charge in [0.2, 0.25) is 11.8 Å². The Morgan fingerprint density at radius 2 is 1.78 bits per heavy atom. The molecule has 1 aromatic carbocycles. The summed E-state index contributed by atoms with van der Waals surface area (Å²) in [6.07, 6.45) is 2.87. The van der Waals surface area contributed by atoms with E-state index in [2.05, 4.69) is 26.0 Å². The van der Waals surface area contributed by atoms with Crippen molar-refractivity contribution in [1.82, 2.24) is 9.80 Å². The first-order valence-corrected chi connectivity index (χ1v) is 8.69. The third kappa shape index (κ3) is 4.34. The van der Waals surface area contributed by atoms with Crippen molar-refractivity contribution in [3.05, 3.63) is 35.9 Å². The maximum Gasteiger partial charge on any atom is 0.245 e. The zero-order valence-corrected chi connectivity index (χ0v) is 14.5. The van der Waals surface area contributed by atoms with Gasteiger partial charge in [-0.3, -0.25) is 9.59 Å². The molecule has 0 saturated carbocycles. The molecule has 2 rings (SSSR count). The smallest absolute Gasteiger partial charge is 0.245 e. The third-order valence-electron chi connectivity index (χ3n) is 4.91. The third-order valence-corrected chi connectivity index (χ3v) is 4.91. The van der Waals surface area contributed by atoms with E-state index in [4.69, 9.17) is 0 Å². The van der Waals surface area contributed by atoms with Crippen molar-refractivity contribution in [2.45, 2.75) is 46.1 Å². The van der Waals surface area contributed by atoms with Crippen LogP contribution in [0.5, 0.6) is 0 Å². The second kappa shape index (κ2) is 8.14. The first-order valence-electron chi connectivity index (χ1n) is 8.69. The van der Waals surface area contributed by atoms with Gasteiger partial charge in [-0.25, -0.2) is 0 Å². The summed E-state index contributed by atoms with van der Waals surface area (Å²) in [5, 5.41) is 0. The van der Waals surface area contributed by atoms with Crippen molar-refractivity contribution in [2.24, 2.45) is 5.92 Å². The molecule has 1 saturated heterocycles. The molecule has 0 bridgehead atoms. The number of hydrogen-bond donors (Lipinski definition) is 0. The molecule has 1 fully saturated rings. The highest BCUT2D eigenvalue weighted by atomic mass is 16.2. The monoisotopic (exact) mass is 316 g/mol.